The molecule has 0 amide bonds. The van der Waals surface area contributed by atoms with Gasteiger partial charge in [-0.1, -0.05) is 35.9 Å². The van der Waals surface area contributed by atoms with Crippen molar-refractivity contribution in [3.05, 3.63) is 62.7 Å². The Bertz CT molecular complexity index is 520. The summed E-state index contributed by atoms with van der Waals surface area (Å²) in [4.78, 5) is 0. The Labute approximate surface area is 116 Å². The molecule has 2 aromatic rings. The summed E-state index contributed by atoms with van der Waals surface area (Å²) in [5, 5.41) is 0. The smallest absolute Gasteiger partial charge is 0.133 e. The molecule has 0 aliphatic rings. The normalized spacial score (nSPS) is 10.3. The monoisotopic (exact) mass is 338 g/mol. The second-order valence-corrected chi connectivity index (χ2v) is 5.31. The van der Waals surface area contributed by atoms with Gasteiger partial charge in [-0.05, 0) is 59.7 Å². The van der Waals surface area contributed by atoms with E-state index in [2.05, 4.69) is 60.7 Å². The quantitative estimate of drug-likeness (QED) is 0.750. The second-order valence-electron chi connectivity index (χ2n) is 4.15. The Balaban J connectivity index is 2.12. The molecule has 2 heteroatoms. The molecule has 0 N–H and O–H groups in total. The van der Waals surface area contributed by atoms with Crippen LogP contribution in [0.5, 0.6) is 5.75 Å². The van der Waals surface area contributed by atoms with Crippen LogP contribution in [0.1, 0.15) is 16.7 Å². The second kappa shape index (κ2) is 5.54. The summed E-state index contributed by atoms with van der Waals surface area (Å²) < 4.78 is 7.00. The number of hydrogen-bond acceptors (Lipinski definition) is 1. The van der Waals surface area contributed by atoms with Crippen LogP contribution in [0.2, 0.25) is 0 Å². The van der Waals surface area contributed by atoms with Crippen molar-refractivity contribution in [2.24, 2.45) is 0 Å². The zero-order chi connectivity index (χ0) is 12.3. The van der Waals surface area contributed by atoms with Crippen LogP contribution in [0, 0.1) is 17.4 Å². The molecular weight excluding hydrogens is 323 g/mol. The predicted molar refractivity (Wildman–Crippen MR) is 79.4 cm³/mol. The van der Waals surface area contributed by atoms with E-state index in [4.69, 9.17) is 4.74 Å². The number of hydrogen-bond donors (Lipinski definition) is 0. The summed E-state index contributed by atoms with van der Waals surface area (Å²) in [6, 6.07) is 14.5. The van der Waals surface area contributed by atoms with Gasteiger partial charge >= 0.3 is 0 Å². The van der Waals surface area contributed by atoms with Crippen LogP contribution >= 0.6 is 22.6 Å². The topological polar surface area (TPSA) is 9.23 Å². The van der Waals surface area contributed by atoms with Crippen molar-refractivity contribution >= 4 is 22.6 Å². The van der Waals surface area contributed by atoms with Crippen molar-refractivity contribution in [1.82, 2.24) is 0 Å². The van der Waals surface area contributed by atoms with Gasteiger partial charge in [-0.3, -0.25) is 0 Å². The summed E-state index contributed by atoms with van der Waals surface area (Å²) in [6.45, 7) is 4.86. The molecule has 2 aromatic carbocycles. The van der Waals surface area contributed by atoms with E-state index in [1.165, 1.54) is 16.7 Å². The van der Waals surface area contributed by atoms with Crippen LogP contribution in [-0.2, 0) is 6.61 Å². The van der Waals surface area contributed by atoms with Crippen LogP contribution in [0.25, 0.3) is 0 Å². The average Bonchev–Trinajstić information content (AvgIpc) is 2.32. The first-order valence-corrected chi connectivity index (χ1v) is 6.68. The molecule has 0 atom stereocenters. The zero-order valence-electron chi connectivity index (χ0n) is 10.0. The zero-order valence-corrected chi connectivity index (χ0v) is 12.2. The van der Waals surface area contributed by atoms with Gasteiger partial charge in [0.2, 0.25) is 0 Å². The summed E-state index contributed by atoms with van der Waals surface area (Å²) in [7, 11) is 0. The maximum absolute atomic E-state index is 5.85. The van der Waals surface area contributed by atoms with Crippen LogP contribution in [0.4, 0.5) is 0 Å². The number of aryl methyl sites for hydroxylation is 2. The molecule has 0 spiro atoms. The third-order valence-electron chi connectivity index (χ3n) is 2.72. The molecule has 0 aromatic heterocycles. The van der Waals surface area contributed by atoms with E-state index in [1.54, 1.807) is 0 Å². The first kappa shape index (κ1) is 12.4. The summed E-state index contributed by atoms with van der Waals surface area (Å²) in [6.07, 6.45) is 0. The molecule has 0 aliphatic carbocycles. The molecule has 1 nitrogen and oxygen atoms in total. The number of ether oxygens (including phenoxy) is 1. The van der Waals surface area contributed by atoms with Gasteiger partial charge in [-0.25, -0.2) is 0 Å². The molecule has 88 valence electrons. The van der Waals surface area contributed by atoms with Gasteiger partial charge in [0.15, 0.2) is 0 Å². The lowest BCUT2D eigenvalue weighted by molar-refractivity contribution is 0.303. The van der Waals surface area contributed by atoms with E-state index in [-0.39, 0.29) is 0 Å². The Morgan fingerprint density at radius 3 is 2.59 bits per heavy atom. The van der Waals surface area contributed by atoms with Crippen LogP contribution in [-0.4, -0.2) is 0 Å². The highest BCUT2D eigenvalue weighted by Gasteiger charge is 2.02. The van der Waals surface area contributed by atoms with Crippen LogP contribution < -0.4 is 4.74 Å². The minimum atomic E-state index is 0.632. The minimum Gasteiger partial charge on any atom is -0.488 e. The summed E-state index contributed by atoms with van der Waals surface area (Å²) in [5.41, 5.74) is 3.81. The lowest BCUT2D eigenvalue weighted by atomic mass is 10.1. The van der Waals surface area contributed by atoms with Gasteiger partial charge in [-0.15, -0.1) is 0 Å². The van der Waals surface area contributed by atoms with E-state index < -0.39 is 0 Å². The first-order valence-electron chi connectivity index (χ1n) is 5.60. The Morgan fingerprint density at radius 2 is 1.82 bits per heavy atom. The van der Waals surface area contributed by atoms with E-state index in [0.717, 1.165) is 9.32 Å². The molecule has 0 heterocycles. The Morgan fingerprint density at radius 1 is 1.06 bits per heavy atom. The van der Waals surface area contributed by atoms with Crippen molar-refractivity contribution in [2.75, 3.05) is 0 Å². The van der Waals surface area contributed by atoms with Gasteiger partial charge < -0.3 is 4.74 Å². The molecule has 0 bridgehead atoms. The van der Waals surface area contributed by atoms with Crippen molar-refractivity contribution in [3.63, 3.8) is 0 Å². The van der Waals surface area contributed by atoms with Gasteiger partial charge in [0, 0.05) is 0 Å². The molecule has 0 radical (unpaired) electrons. The molecule has 17 heavy (non-hydrogen) atoms. The number of para-hydroxylation sites is 1. The molecule has 0 saturated carbocycles. The number of rotatable bonds is 3. The van der Waals surface area contributed by atoms with Crippen molar-refractivity contribution < 1.29 is 4.74 Å². The highest BCUT2D eigenvalue weighted by Crippen LogP contribution is 2.21. The molecular formula is C15H15IO. The van der Waals surface area contributed by atoms with Gasteiger partial charge in [0.25, 0.3) is 0 Å². The van der Waals surface area contributed by atoms with E-state index in [9.17, 15) is 0 Å². The molecule has 0 unspecified atom stereocenters. The highest BCUT2D eigenvalue weighted by molar-refractivity contribution is 14.1. The molecule has 2 rings (SSSR count). The van der Waals surface area contributed by atoms with Crippen LogP contribution in [0.3, 0.4) is 0 Å². The van der Waals surface area contributed by atoms with E-state index in [0.29, 0.717) is 6.61 Å². The molecule has 0 aliphatic heterocycles. The lowest BCUT2D eigenvalue weighted by Gasteiger charge is -2.10. The maximum atomic E-state index is 5.85. The third kappa shape index (κ3) is 3.22. The van der Waals surface area contributed by atoms with Gasteiger partial charge in [0.1, 0.15) is 12.4 Å². The highest BCUT2D eigenvalue weighted by atomic mass is 127. The average molecular weight is 338 g/mol. The number of benzene rings is 2. The predicted octanol–water partition coefficient (Wildman–Crippen LogP) is 4.49. The summed E-state index contributed by atoms with van der Waals surface area (Å²) in [5.74, 6) is 0.953. The molecule has 0 saturated heterocycles. The standard InChI is InChI=1S/C15H15IO/c1-11-7-8-12(2)13(9-11)10-17-15-6-4-3-5-14(15)16/h3-9H,10H2,1-2H3. The van der Waals surface area contributed by atoms with Crippen LogP contribution in [0.15, 0.2) is 42.5 Å². The Kier molecular flexibility index (Phi) is 4.05. The minimum absolute atomic E-state index is 0.632. The Hall–Kier alpha value is -1.03. The van der Waals surface area contributed by atoms with Crippen molar-refractivity contribution in [1.29, 1.82) is 0 Å². The molecule has 0 fully saturated rings. The van der Waals surface area contributed by atoms with Crippen molar-refractivity contribution in [2.45, 2.75) is 20.5 Å². The van der Waals surface area contributed by atoms with Gasteiger partial charge in [0.05, 0.1) is 3.57 Å². The van der Waals surface area contributed by atoms with Gasteiger partial charge in [-0.2, -0.15) is 0 Å². The maximum Gasteiger partial charge on any atom is 0.133 e. The fraction of sp³-hybridized carbons (Fsp3) is 0.200. The summed E-state index contributed by atoms with van der Waals surface area (Å²) >= 11 is 2.29. The van der Waals surface area contributed by atoms with E-state index in [1.807, 2.05) is 18.2 Å². The van der Waals surface area contributed by atoms with Crippen molar-refractivity contribution in [3.8, 4) is 5.75 Å². The third-order valence-corrected chi connectivity index (χ3v) is 3.62. The lowest BCUT2D eigenvalue weighted by Crippen LogP contribution is -1.99. The van der Waals surface area contributed by atoms with E-state index >= 15 is 0 Å². The first-order chi connectivity index (χ1) is 8.16. The fourth-order valence-electron chi connectivity index (χ4n) is 1.67. The fourth-order valence-corrected chi connectivity index (χ4v) is 2.22. The number of halogens is 1. The largest absolute Gasteiger partial charge is 0.488 e. The SMILES string of the molecule is Cc1ccc(C)c(COc2ccccc2I)c1.